The maximum atomic E-state index is 13.5. The fourth-order valence-electron chi connectivity index (χ4n) is 4.70. The van der Waals surface area contributed by atoms with Gasteiger partial charge in [0.1, 0.15) is 5.57 Å². The summed E-state index contributed by atoms with van der Waals surface area (Å²) in [5.41, 5.74) is 2.83. The quantitative estimate of drug-likeness (QED) is 0.240. The third kappa shape index (κ3) is 4.27. The highest BCUT2D eigenvalue weighted by Crippen LogP contribution is 2.36. The Hall–Kier alpha value is -5.38. The molecule has 10 heteroatoms. The Morgan fingerprint density at radius 1 is 1.00 bits per heavy atom. The molecule has 4 aromatic rings. The lowest BCUT2D eigenvalue weighted by molar-refractivity contribution is -0.122. The van der Waals surface area contributed by atoms with E-state index in [0.717, 1.165) is 21.4 Å². The summed E-state index contributed by atoms with van der Waals surface area (Å²) in [6.07, 6.45) is 3.30. The van der Waals surface area contributed by atoms with E-state index in [1.165, 1.54) is 19.3 Å². The fourth-order valence-corrected chi connectivity index (χ4v) is 4.70. The SMILES string of the molecule is COC(=O)c1cccc(Cn2cc(/C=C3\C(=O)NC(=O)N(c4ccc5c(c4)OCO5)C3=O)c3ccccc32)c1. The van der Waals surface area contributed by atoms with Gasteiger partial charge < -0.3 is 18.8 Å². The van der Waals surface area contributed by atoms with E-state index in [-0.39, 0.29) is 18.1 Å². The molecule has 1 N–H and O–H groups in total. The lowest BCUT2D eigenvalue weighted by atomic mass is 10.1. The summed E-state index contributed by atoms with van der Waals surface area (Å²) in [6.45, 7) is 0.468. The minimum Gasteiger partial charge on any atom is -0.465 e. The van der Waals surface area contributed by atoms with Gasteiger partial charge in [-0.1, -0.05) is 30.3 Å². The first kappa shape index (κ1) is 24.0. The molecule has 0 radical (unpaired) electrons. The average molecular weight is 524 g/mol. The molecular formula is C29H21N3O7. The van der Waals surface area contributed by atoms with Gasteiger partial charge in [0, 0.05) is 35.3 Å². The molecule has 1 fully saturated rings. The molecule has 3 aromatic carbocycles. The summed E-state index contributed by atoms with van der Waals surface area (Å²) >= 11 is 0. The maximum absolute atomic E-state index is 13.5. The van der Waals surface area contributed by atoms with Gasteiger partial charge in [0.2, 0.25) is 6.79 Å². The predicted molar refractivity (Wildman–Crippen MR) is 140 cm³/mol. The number of urea groups is 1. The van der Waals surface area contributed by atoms with Crippen LogP contribution in [0.15, 0.2) is 78.5 Å². The smallest absolute Gasteiger partial charge is 0.337 e. The maximum Gasteiger partial charge on any atom is 0.337 e. The second kappa shape index (κ2) is 9.49. The molecule has 0 atom stereocenters. The molecule has 4 amide bonds. The first-order valence-corrected chi connectivity index (χ1v) is 12.0. The zero-order valence-corrected chi connectivity index (χ0v) is 20.7. The number of hydrogen-bond acceptors (Lipinski definition) is 7. The molecule has 0 spiro atoms. The number of methoxy groups -OCH3 is 1. The zero-order valence-electron chi connectivity index (χ0n) is 20.7. The molecule has 2 aliphatic rings. The Morgan fingerprint density at radius 3 is 2.67 bits per heavy atom. The molecule has 10 nitrogen and oxygen atoms in total. The average Bonchev–Trinajstić information content (AvgIpc) is 3.55. The van der Waals surface area contributed by atoms with E-state index in [4.69, 9.17) is 14.2 Å². The molecular weight excluding hydrogens is 502 g/mol. The van der Waals surface area contributed by atoms with Gasteiger partial charge in [-0.2, -0.15) is 0 Å². The van der Waals surface area contributed by atoms with Crippen molar-refractivity contribution in [2.45, 2.75) is 6.54 Å². The number of carbonyl (C=O) groups excluding carboxylic acids is 4. The Bertz CT molecular complexity index is 1720. The van der Waals surface area contributed by atoms with Crippen molar-refractivity contribution in [2.24, 2.45) is 0 Å². The van der Waals surface area contributed by atoms with E-state index in [1.807, 2.05) is 41.1 Å². The third-order valence-electron chi connectivity index (χ3n) is 6.54. The Morgan fingerprint density at radius 2 is 1.82 bits per heavy atom. The number of barbiturate groups is 1. The zero-order chi connectivity index (χ0) is 27.1. The number of benzene rings is 3. The van der Waals surface area contributed by atoms with Crippen LogP contribution in [0.5, 0.6) is 11.5 Å². The molecule has 0 aliphatic carbocycles. The van der Waals surface area contributed by atoms with Crippen molar-refractivity contribution in [3.63, 3.8) is 0 Å². The third-order valence-corrected chi connectivity index (χ3v) is 6.54. The normalized spacial score (nSPS) is 15.7. The Labute approximate surface area is 222 Å². The van der Waals surface area contributed by atoms with Gasteiger partial charge in [0.05, 0.1) is 18.4 Å². The molecule has 3 heterocycles. The molecule has 0 unspecified atom stereocenters. The van der Waals surface area contributed by atoms with Crippen molar-refractivity contribution in [1.82, 2.24) is 9.88 Å². The number of ether oxygens (including phenoxy) is 3. The van der Waals surface area contributed by atoms with Crippen LogP contribution in [0.2, 0.25) is 0 Å². The first-order valence-electron chi connectivity index (χ1n) is 12.0. The van der Waals surface area contributed by atoms with Gasteiger partial charge in [-0.3, -0.25) is 14.9 Å². The molecule has 0 saturated carbocycles. The lowest BCUT2D eigenvalue weighted by Crippen LogP contribution is -2.54. The van der Waals surface area contributed by atoms with Gasteiger partial charge in [-0.25, -0.2) is 14.5 Å². The van der Waals surface area contributed by atoms with E-state index in [0.29, 0.717) is 29.2 Å². The number of esters is 1. The molecule has 1 aromatic heterocycles. The highest BCUT2D eigenvalue weighted by molar-refractivity contribution is 6.39. The summed E-state index contributed by atoms with van der Waals surface area (Å²) in [6, 6.07) is 18.5. The van der Waals surface area contributed by atoms with Crippen molar-refractivity contribution < 1.29 is 33.4 Å². The van der Waals surface area contributed by atoms with Crippen LogP contribution >= 0.6 is 0 Å². The number of aromatic nitrogens is 1. The van der Waals surface area contributed by atoms with E-state index < -0.39 is 23.8 Å². The van der Waals surface area contributed by atoms with Crippen LogP contribution in [0.1, 0.15) is 21.5 Å². The summed E-state index contributed by atoms with van der Waals surface area (Å²) in [4.78, 5) is 51.8. The minimum atomic E-state index is -0.853. The molecule has 0 bridgehead atoms. The summed E-state index contributed by atoms with van der Waals surface area (Å²) in [5, 5.41) is 3.06. The summed E-state index contributed by atoms with van der Waals surface area (Å²) in [5.74, 6) is -1.08. The van der Waals surface area contributed by atoms with Crippen LogP contribution in [0.4, 0.5) is 10.5 Å². The summed E-state index contributed by atoms with van der Waals surface area (Å²) in [7, 11) is 1.33. The number of nitrogens with one attached hydrogen (secondary N) is 1. The molecule has 194 valence electrons. The van der Waals surface area contributed by atoms with Crippen LogP contribution in [0.25, 0.3) is 17.0 Å². The first-order chi connectivity index (χ1) is 18.9. The highest BCUT2D eigenvalue weighted by Gasteiger charge is 2.37. The Balaban J connectivity index is 1.37. The summed E-state index contributed by atoms with van der Waals surface area (Å²) < 4.78 is 17.5. The molecule has 39 heavy (non-hydrogen) atoms. The van der Waals surface area contributed by atoms with Crippen LogP contribution in [-0.2, 0) is 20.9 Å². The van der Waals surface area contributed by atoms with Crippen LogP contribution in [-0.4, -0.2) is 42.3 Å². The lowest BCUT2D eigenvalue weighted by Gasteiger charge is -2.26. The largest absolute Gasteiger partial charge is 0.465 e. The number of fused-ring (bicyclic) bond motifs is 2. The van der Waals surface area contributed by atoms with E-state index in [1.54, 1.807) is 30.3 Å². The molecule has 2 aliphatic heterocycles. The van der Waals surface area contributed by atoms with Gasteiger partial charge in [-0.05, 0) is 42.0 Å². The van der Waals surface area contributed by atoms with Crippen LogP contribution in [0.3, 0.4) is 0 Å². The number of anilines is 1. The number of hydrogen-bond donors (Lipinski definition) is 1. The van der Waals surface area contributed by atoms with Gasteiger partial charge in [-0.15, -0.1) is 0 Å². The Kier molecular flexibility index (Phi) is 5.84. The highest BCUT2D eigenvalue weighted by atomic mass is 16.7. The molecule has 1 saturated heterocycles. The van der Waals surface area contributed by atoms with Crippen LogP contribution in [0, 0.1) is 0 Å². The monoisotopic (exact) mass is 523 g/mol. The van der Waals surface area contributed by atoms with Crippen molar-refractivity contribution in [3.8, 4) is 11.5 Å². The second-order valence-electron chi connectivity index (χ2n) is 8.92. The number of nitrogens with zero attached hydrogens (tertiary/aromatic N) is 2. The van der Waals surface area contributed by atoms with Crippen molar-refractivity contribution in [1.29, 1.82) is 0 Å². The van der Waals surface area contributed by atoms with Crippen LogP contribution < -0.4 is 19.7 Å². The standard InChI is InChI=1S/C29H21N3O7/c1-37-28(35)18-6-4-5-17(11-18)14-31-15-19(21-7-2-3-8-23(21)31)12-22-26(33)30-29(36)32(27(22)34)20-9-10-24-25(13-20)39-16-38-24/h2-13,15H,14,16H2,1H3,(H,30,33,36)/b22-12+. The number of para-hydroxylation sites is 1. The van der Waals surface area contributed by atoms with Crippen molar-refractivity contribution >= 4 is 46.5 Å². The van der Waals surface area contributed by atoms with E-state index in [2.05, 4.69) is 5.32 Å². The van der Waals surface area contributed by atoms with Crippen molar-refractivity contribution in [2.75, 3.05) is 18.8 Å². The predicted octanol–water partition coefficient (Wildman–Crippen LogP) is 3.87. The molecule has 6 rings (SSSR count). The second-order valence-corrected chi connectivity index (χ2v) is 8.92. The van der Waals surface area contributed by atoms with E-state index >= 15 is 0 Å². The minimum absolute atomic E-state index is 0.0413. The fraction of sp³-hybridized carbons (Fsp3) is 0.103. The number of carbonyl (C=O) groups is 4. The topological polar surface area (TPSA) is 116 Å². The van der Waals surface area contributed by atoms with Crippen molar-refractivity contribution in [3.05, 3.63) is 95.2 Å². The van der Waals surface area contributed by atoms with Gasteiger partial charge in [0.15, 0.2) is 11.5 Å². The van der Waals surface area contributed by atoms with Gasteiger partial charge >= 0.3 is 12.0 Å². The number of amides is 4. The number of imide groups is 2. The van der Waals surface area contributed by atoms with Gasteiger partial charge in [0.25, 0.3) is 11.8 Å². The van der Waals surface area contributed by atoms with E-state index in [9.17, 15) is 19.2 Å². The number of rotatable bonds is 5.